The Morgan fingerprint density at radius 1 is 0.382 bits per heavy atom. The van der Waals surface area contributed by atoms with Crippen molar-refractivity contribution in [3.63, 3.8) is 0 Å². The number of unbranched alkanes of at least 4 members (excludes halogenated alkanes) is 6. The molecule has 4 aromatic rings. The fraction of sp³-hybridized carbons (Fsp3) is 0.429. The van der Waals surface area contributed by atoms with Crippen LogP contribution in [0.4, 0.5) is 0 Å². The molecule has 4 rings (SSSR count). The van der Waals surface area contributed by atoms with Crippen molar-refractivity contribution < 1.29 is 0 Å². The van der Waals surface area contributed by atoms with E-state index in [0.717, 1.165) is 10.7 Å². The van der Waals surface area contributed by atoms with E-state index in [2.05, 4.69) is 80.4 Å². The van der Waals surface area contributed by atoms with E-state index in [1.807, 2.05) is 45.3 Å². The third-order valence-corrected chi connectivity index (χ3v) is 12.0. The maximum Gasteiger partial charge on any atom is 0.0449 e. The summed E-state index contributed by atoms with van der Waals surface area (Å²) in [7, 11) is 0. The molecule has 0 aliphatic carbocycles. The monoisotopic (exact) mass is 654 g/mol. The average molecular weight is 657 g/mol. The van der Waals surface area contributed by atoms with Crippen LogP contribution >= 0.6 is 77.2 Å². The number of aryl methyl sites for hydroxylation is 2. The molecular formula is C28H32Br2S4. The van der Waals surface area contributed by atoms with E-state index in [0.29, 0.717) is 0 Å². The third-order valence-electron chi connectivity index (χ3n) is 5.88. The van der Waals surface area contributed by atoms with E-state index in [1.54, 1.807) is 0 Å². The second-order valence-electron chi connectivity index (χ2n) is 8.57. The van der Waals surface area contributed by atoms with Crippen LogP contribution in [0.3, 0.4) is 0 Å². The molecule has 0 amide bonds. The number of hydrogen-bond donors (Lipinski definition) is 0. The van der Waals surface area contributed by atoms with Crippen LogP contribution < -0.4 is 0 Å². The molecule has 4 aromatic heterocycles. The topological polar surface area (TPSA) is 0 Å². The van der Waals surface area contributed by atoms with Crippen molar-refractivity contribution >= 4 is 77.2 Å². The van der Waals surface area contributed by atoms with Gasteiger partial charge >= 0.3 is 0 Å². The minimum absolute atomic E-state index is 1.13. The molecule has 0 atom stereocenters. The summed E-state index contributed by atoms with van der Waals surface area (Å²) in [6, 6.07) is 18.5. The molecule has 4 heterocycles. The maximum absolute atomic E-state index is 3.53. The van der Waals surface area contributed by atoms with E-state index in [9.17, 15) is 0 Å². The molecule has 0 saturated carbocycles. The van der Waals surface area contributed by atoms with Crippen LogP contribution in [-0.2, 0) is 12.8 Å². The third kappa shape index (κ3) is 7.88. The van der Waals surface area contributed by atoms with Gasteiger partial charge in [0.1, 0.15) is 0 Å². The van der Waals surface area contributed by atoms with E-state index in [-0.39, 0.29) is 0 Å². The molecule has 0 bridgehead atoms. The fourth-order valence-corrected chi connectivity index (χ4v) is 9.16. The second kappa shape index (κ2) is 14.5. The summed E-state index contributed by atoms with van der Waals surface area (Å²) in [5, 5.41) is 2.27. The number of halogens is 2. The van der Waals surface area contributed by atoms with E-state index >= 15 is 0 Å². The molecule has 0 N–H and O–H groups in total. The SMILES string of the molecule is BrCCCCCCc1ccc(-c2ccc(-c3ccc(-c4ccc(CCCCCCBr)s4)s3)s2)s1. The van der Waals surface area contributed by atoms with E-state index in [4.69, 9.17) is 0 Å². The standard InChI is InChI=1S/C28H32Br2S4/c29-19-7-3-1-5-9-21-11-13-23(31-21)25-15-17-27(33-25)28-18-16-26(34-28)24-14-12-22(32-24)10-6-2-4-8-20-30/h11-18H,1-10,19-20H2. The quantitative estimate of drug-likeness (QED) is 0.0882. The zero-order valence-corrected chi connectivity index (χ0v) is 25.9. The molecule has 0 radical (unpaired) electrons. The smallest absolute Gasteiger partial charge is 0.0449 e. The Hall–Kier alpha value is -0.240. The van der Waals surface area contributed by atoms with Crippen molar-refractivity contribution in [3.05, 3.63) is 58.3 Å². The summed E-state index contributed by atoms with van der Waals surface area (Å²) >= 11 is 14.9. The fourth-order valence-electron chi connectivity index (χ4n) is 3.99. The highest BCUT2D eigenvalue weighted by atomic mass is 79.9. The Morgan fingerprint density at radius 3 is 1.09 bits per heavy atom. The Kier molecular flexibility index (Phi) is 11.4. The van der Waals surface area contributed by atoms with Gasteiger partial charge in [0.25, 0.3) is 0 Å². The van der Waals surface area contributed by atoms with Crippen LogP contribution in [0, 0.1) is 0 Å². The van der Waals surface area contributed by atoms with Crippen molar-refractivity contribution in [1.82, 2.24) is 0 Å². The summed E-state index contributed by atoms with van der Waals surface area (Å²) in [5.41, 5.74) is 0. The summed E-state index contributed by atoms with van der Waals surface area (Å²) in [6.07, 6.45) is 13.0. The van der Waals surface area contributed by atoms with Crippen LogP contribution in [0.1, 0.15) is 61.1 Å². The Balaban J connectivity index is 1.32. The van der Waals surface area contributed by atoms with Gasteiger partial charge in [-0.25, -0.2) is 0 Å². The molecule has 0 aromatic carbocycles. The molecular weight excluding hydrogens is 624 g/mol. The first-order chi connectivity index (χ1) is 16.8. The largest absolute Gasteiger partial charge is 0.139 e. The summed E-state index contributed by atoms with van der Waals surface area (Å²) < 4.78 is 0. The van der Waals surface area contributed by atoms with Crippen LogP contribution in [0.15, 0.2) is 48.5 Å². The molecule has 6 heteroatoms. The van der Waals surface area contributed by atoms with Gasteiger partial charge in [-0.15, -0.1) is 45.3 Å². The van der Waals surface area contributed by atoms with Gasteiger partial charge in [0.2, 0.25) is 0 Å². The number of rotatable bonds is 15. The zero-order valence-electron chi connectivity index (χ0n) is 19.5. The average Bonchev–Trinajstić information content (AvgIpc) is 3.64. The second-order valence-corrected chi connectivity index (χ2v) is 14.7. The van der Waals surface area contributed by atoms with Gasteiger partial charge in [-0.05, 0) is 87.1 Å². The van der Waals surface area contributed by atoms with Crippen LogP contribution in [-0.4, -0.2) is 10.7 Å². The van der Waals surface area contributed by atoms with Crippen molar-refractivity contribution in [3.8, 4) is 29.3 Å². The van der Waals surface area contributed by atoms with Crippen LogP contribution in [0.2, 0.25) is 0 Å². The molecule has 0 aliphatic rings. The molecule has 0 aliphatic heterocycles. The lowest BCUT2D eigenvalue weighted by Crippen LogP contribution is -1.82. The Morgan fingerprint density at radius 2 is 0.706 bits per heavy atom. The van der Waals surface area contributed by atoms with Crippen molar-refractivity contribution in [2.24, 2.45) is 0 Å². The van der Waals surface area contributed by atoms with Gasteiger partial charge in [0.15, 0.2) is 0 Å². The van der Waals surface area contributed by atoms with Gasteiger partial charge in [-0.1, -0.05) is 57.5 Å². The zero-order chi connectivity index (χ0) is 23.6. The molecule has 0 spiro atoms. The number of hydrogen-bond acceptors (Lipinski definition) is 4. The lowest BCUT2D eigenvalue weighted by Gasteiger charge is -1.98. The highest BCUT2D eigenvalue weighted by Crippen LogP contribution is 2.43. The normalized spacial score (nSPS) is 11.5. The van der Waals surface area contributed by atoms with Crippen molar-refractivity contribution in [2.75, 3.05) is 10.7 Å². The predicted octanol–water partition coefficient (Wildman–Crippen LogP) is 11.9. The minimum atomic E-state index is 1.13. The summed E-state index contributed by atoms with van der Waals surface area (Å²) in [6.45, 7) is 0. The van der Waals surface area contributed by atoms with Crippen LogP contribution in [0.25, 0.3) is 29.3 Å². The predicted molar refractivity (Wildman–Crippen MR) is 166 cm³/mol. The maximum atomic E-state index is 3.53. The highest BCUT2D eigenvalue weighted by Gasteiger charge is 2.12. The number of alkyl halides is 2. The first-order valence-corrected chi connectivity index (χ1v) is 17.8. The van der Waals surface area contributed by atoms with Crippen molar-refractivity contribution in [2.45, 2.75) is 64.2 Å². The first-order valence-electron chi connectivity index (χ1n) is 12.3. The molecule has 0 fully saturated rings. The molecule has 0 unspecified atom stereocenters. The van der Waals surface area contributed by atoms with Gasteiger partial charge in [-0.3, -0.25) is 0 Å². The Labute approximate surface area is 237 Å². The highest BCUT2D eigenvalue weighted by molar-refractivity contribution is 9.09. The molecule has 34 heavy (non-hydrogen) atoms. The lowest BCUT2D eigenvalue weighted by atomic mass is 10.1. The Bertz CT molecular complexity index is 1030. The van der Waals surface area contributed by atoms with E-state index in [1.165, 1.54) is 103 Å². The van der Waals surface area contributed by atoms with Gasteiger partial charge in [-0.2, -0.15) is 0 Å². The molecule has 0 saturated heterocycles. The lowest BCUT2D eigenvalue weighted by molar-refractivity contribution is 0.675. The summed E-state index contributed by atoms with van der Waals surface area (Å²) in [5.74, 6) is 0. The molecule has 182 valence electrons. The summed E-state index contributed by atoms with van der Waals surface area (Å²) in [4.78, 5) is 11.5. The van der Waals surface area contributed by atoms with Gasteiger partial charge < -0.3 is 0 Å². The van der Waals surface area contributed by atoms with Crippen molar-refractivity contribution in [1.29, 1.82) is 0 Å². The van der Waals surface area contributed by atoms with Gasteiger partial charge in [0, 0.05) is 49.7 Å². The van der Waals surface area contributed by atoms with Gasteiger partial charge in [0.05, 0.1) is 0 Å². The van der Waals surface area contributed by atoms with E-state index < -0.39 is 0 Å². The number of thiophene rings is 4. The first kappa shape index (κ1) is 26.8. The minimum Gasteiger partial charge on any atom is -0.139 e. The van der Waals surface area contributed by atoms with Crippen LogP contribution in [0.5, 0.6) is 0 Å². The molecule has 0 nitrogen and oxygen atoms in total.